The van der Waals surface area contributed by atoms with E-state index in [9.17, 15) is 0 Å². The molecular formula is C9H17NO2S2Sn. The fourth-order valence-corrected chi connectivity index (χ4v) is 2.17. The second-order valence-electron chi connectivity index (χ2n) is 2.14. The van der Waals surface area contributed by atoms with E-state index in [1.807, 2.05) is 0 Å². The van der Waals surface area contributed by atoms with Gasteiger partial charge in [0.1, 0.15) is 0 Å². The van der Waals surface area contributed by atoms with Crippen LogP contribution in [-0.4, -0.2) is 51.0 Å². The molecule has 0 heterocycles. The van der Waals surface area contributed by atoms with Crippen molar-refractivity contribution in [1.82, 2.24) is 0 Å². The SMILES string of the molecule is O=CC=S.O=CC=S.[CH3][Sn][CH2]CCCN. The predicted octanol–water partition coefficient (Wildman–Crippen LogP) is 1.27. The number of carbonyl (C=O) groups is 2. The van der Waals surface area contributed by atoms with Gasteiger partial charge in [-0.1, -0.05) is 24.4 Å². The van der Waals surface area contributed by atoms with Crippen LogP contribution < -0.4 is 5.73 Å². The van der Waals surface area contributed by atoms with Crippen molar-refractivity contribution in [1.29, 1.82) is 0 Å². The molecular weight excluding hydrogens is 337 g/mol. The van der Waals surface area contributed by atoms with Crippen LogP contribution in [0.2, 0.25) is 9.38 Å². The zero-order valence-corrected chi connectivity index (χ0v) is 13.3. The fourth-order valence-electron chi connectivity index (χ4n) is 0.446. The van der Waals surface area contributed by atoms with Gasteiger partial charge in [-0.05, 0) is 0 Å². The molecule has 0 aromatic heterocycles. The summed E-state index contributed by atoms with van der Waals surface area (Å²) in [6, 6.07) is 0. The Bertz CT molecular complexity index is 129. The van der Waals surface area contributed by atoms with Crippen molar-refractivity contribution in [3.8, 4) is 0 Å². The van der Waals surface area contributed by atoms with Gasteiger partial charge in [0.2, 0.25) is 0 Å². The van der Waals surface area contributed by atoms with E-state index in [-0.39, 0.29) is 21.1 Å². The number of thiocarbonyl (C=S) groups is 2. The van der Waals surface area contributed by atoms with Crippen molar-refractivity contribution in [2.45, 2.75) is 22.2 Å². The van der Waals surface area contributed by atoms with Gasteiger partial charge in [0.05, 0.1) is 0 Å². The van der Waals surface area contributed by atoms with Gasteiger partial charge < -0.3 is 0 Å². The zero-order chi connectivity index (χ0) is 12.4. The summed E-state index contributed by atoms with van der Waals surface area (Å²) in [5, 5.41) is 2.06. The molecule has 0 spiro atoms. The molecule has 3 nitrogen and oxygen atoms in total. The molecule has 0 fully saturated rings. The van der Waals surface area contributed by atoms with Crippen LogP contribution in [-0.2, 0) is 9.59 Å². The van der Waals surface area contributed by atoms with Crippen molar-refractivity contribution < 1.29 is 9.59 Å². The van der Waals surface area contributed by atoms with E-state index < -0.39 is 0 Å². The molecule has 0 aliphatic heterocycles. The van der Waals surface area contributed by atoms with Crippen LogP contribution in [0.15, 0.2) is 0 Å². The number of nitrogens with two attached hydrogens (primary N) is 1. The van der Waals surface area contributed by atoms with Gasteiger partial charge in [-0.25, -0.2) is 0 Å². The molecule has 0 saturated heterocycles. The van der Waals surface area contributed by atoms with Gasteiger partial charge in [0.15, 0.2) is 12.6 Å². The van der Waals surface area contributed by atoms with E-state index in [2.05, 4.69) is 29.4 Å². The van der Waals surface area contributed by atoms with Crippen molar-refractivity contribution >= 4 is 68.9 Å². The van der Waals surface area contributed by atoms with E-state index in [1.54, 1.807) is 0 Å². The van der Waals surface area contributed by atoms with Crippen LogP contribution in [0.1, 0.15) is 12.8 Å². The quantitative estimate of drug-likeness (QED) is 0.337. The molecule has 0 aromatic carbocycles. The van der Waals surface area contributed by atoms with Crippen LogP contribution in [0.5, 0.6) is 0 Å². The third kappa shape index (κ3) is 54.6. The standard InChI is InChI=1S/C4H10N.2C2H2OS.CH3.Sn/c1-2-3-4-5;2*3-1-2-4;;/h1-5H2;2*1-2H;1H3;. The first-order valence-corrected chi connectivity index (χ1v) is 10.2. The summed E-state index contributed by atoms with van der Waals surface area (Å²) >= 11 is 8.24. The van der Waals surface area contributed by atoms with Crippen LogP contribution in [0, 0.1) is 0 Å². The Morgan fingerprint density at radius 3 is 1.73 bits per heavy atom. The van der Waals surface area contributed by atoms with Crippen LogP contribution >= 0.6 is 24.4 Å². The Kier molecular flexibility index (Phi) is 40.3. The summed E-state index contributed by atoms with van der Waals surface area (Å²) < 4.78 is 1.51. The van der Waals surface area contributed by atoms with E-state index >= 15 is 0 Å². The van der Waals surface area contributed by atoms with Gasteiger partial charge in [0, 0.05) is 10.7 Å². The fraction of sp³-hybridized carbons (Fsp3) is 0.556. The van der Waals surface area contributed by atoms with Gasteiger partial charge in [-0.3, -0.25) is 9.59 Å². The molecule has 0 atom stereocenters. The molecule has 0 aliphatic carbocycles. The topological polar surface area (TPSA) is 60.2 Å². The Morgan fingerprint density at radius 1 is 1.13 bits per heavy atom. The van der Waals surface area contributed by atoms with Crippen LogP contribution in [0.3, 0.4) is 0 Å². The molecule has 0 aliphatic rings. The molecule has 15 heavy (non-hydrogen) atoms. The second kappa shape index (κ2) is 29.2. The predicted molar refractivity (Wildman–Crippen MR) is 74.2 cm³/mol. The summed E-state index contributed by atoms with van der Waals surface area (Å²) in [4.78, 5) is 20.4. The molecule has 2 N–H and O–H groups in total. The Labute approximate surface area is 112 Å². The van der Waals surface area contributed by atoms with Crippen molar-refractivity contribution in [3.63, 3.8) is 0 Å². The molecule has 0 bridgehead atoms. The van der Waals surface area contributed by atoms with Crippen molar-refractivity contribution in [2.75, 3.05) is 6.54 Å². The molecule has 0 aromatic rings. The van der Waals surface area contributed by atoms with Crippen molar-refractivity contribution in [2.24, 2.45) is 5.73 Å². The summed E-state index contributed by atoms with van der Waals surface area (Å²) in [7, 11) is 0. The van der Waals surface area contributed by atoms with E-state index in [0.29, 0.717) is 12.6 Å². The number of carbonyl (C=O) groups excluding carboxylic acids is 2. The van der Waals surface area contributed by atoms with Gasteiger partial charge in [-0.15, -0.1) is 0 Å². The number of aldehydes is 2. The average Bonchev–Trinajstić information content (AvgIpc) is 2.30. The molecule has 0 unspecified atom stereocenters. The first-order chi connectivity index (χ1) is 7.24. The third-order valence-electron chi connectivity index (χ3n) is 0.992. The third-order valence-corrected chi connectivity index (χ3v) is 3.65. The molecule has 0 saturated carbocycles. The molecule has 2 radical (unpaired) electrons. The summed E-state index contributed by atoms with van der Waals surface area (Å²) in [5.74, 6) is 0. The minimum atomic E-state index is 0.121. The normalized spacial score (nSPS) is 7.07. The number of unbranched alkanes of at least 4 members (excludes halogenated alkanes) is 1. The minimum absolute atomic E-state index is 0.121. The molecule has 86 valence electrons. The van der Waals surface area contributed by atoms with Gasteiger partial charge in [-0.2, -0.15) is 0 Å². The zero-order valence-electron chi connectivity index (χ0n) is 8.85. The van der Waals surface area contributed by atoms with Crippen LogP contribution in [0.25, 0.3) is 0 Å². The molecule has 0 rings (SSSR count). The summed E-state index contributed by atoms with van der Waals surface area (Å²) in [6.45, 7) is 0.888. The Hall–Kier alpha value is 0.279. The number of hydrogen-bond donors (Lipinski definition) is 1. The first kappa shape index (κ1) is 20.7. The molecule has 6 heteroatoms. The van der Waals surface area contributed by atoms with E-state index in [1.165, 1.54) is 17.3 Å². The van der Waals surface area contributed by atoms with Gasteiger partial charge >= 0.3 is 55.6 Å². The maximum atomic E-state index is 9.01. The number of hydrogen-bond acceptors (Lipinski definition) is 5. The maximum absolute atomic E-state index is 9.01. The molecule has 0 amide bonds. The van der Waals surface area contributed by atoms with Crippen molar-refractivity contribution in [3.05, 3.63) is 0 Å². The second-order valence-corrected chi connectivity index (χ2v) is 6.13. The van der Waals surface area contributed by atoms with Crippen LogP contribution in [0.4, 0.5) is 0 Å². The van der Waals surface area contributed by atoms with E-state index in [0.717, 1.165) is 17.3 Å². The Balaban J connectivity index is -0.000000155. The van der Waals surface area contributed by atoms with E-state index in [4.69, 9.17) is 15.3 Å². The summed E-state index contributed by atoms with van der Waals surface area (Å²) in [5.41, 5.74) is 5.29. The van der Waals surface area contributed by atoms with Gasteiger partial charge in [0.25, 0.3) is 0 Å². The Morgan fingerprint density at radius 2 is 1.53 bits per heavy atom. The first-order valence-electron chi connectivity index (χ1n) is 4.37. The summed E-state index contributed by atoms with van der Waals surface area (Å²) in [6.07, 6.45) is 3.76. The monoisotopic (exact) mass is 355 g/mol. The average molecular weight is 354 g/mol. The number of rotatable bonds is 6.